The highest BCUT2D eigenvalue weighted by Gasteiger charge is 1.99. The van der Waals surface area contributed by atoms with Crippen molar-refractivity contribution in [2.45, 2.75) is 0 Å². The van der Waals surface area contributed by atoms with Crippen molar-refractivity contribution in [1.82, 2.24) is 19.9 Å². The molecule has 3 N–H and O–H groups in total. The molecule has 2 aromatic heterocycles. The van der Waals surface area contributed by atoms with Crippen LogP contribution in [0.5, 0.6) is 0 Å². The van der Waals surface area contributed by atoms with Gasteiger partial charge in [0.15, 0.2) is 5.82 Å². The van der Waals surface area contributed by atoms with Crippen LogP contribution < -0.4 is 11.1 Å². The fourth-order valence-corrected chi connectivity index (χ4v) is 0.945. The zero-order valence-corrected chi connectivity index (χ0v) is 7.25. The van der Waals surface area contributed by atoms with Crippen LogP contribution >= 0.6 is 0 Å². The summed E-state index contributed by atoms with van der Waals surface area (Å²) in [6.07, 6.45) is 7.67. The number of rotatable bonds is 2. The van der Waals surface area contributed by atoms with E-state index in [0.29, 0.717) is 11.5 Å². The zero-order chi connectivity index (χ0) is 9.80. The molecule has 0 spiro atoms. The van der Waals surface area contributed by atoms with E-state index in [9.17, 15) is 0 Å². The summed E-state index contributed by atoms with van der Waals surface area (Å²) in [6.45, 7) is 0. The van der Waals surface area contributed by atoms with Crippen molar-refractivity contribution >= 4 is 17.2 Å². The van der Waals surface area contributed by atoms with E-state index >= 15 is 0 Å². The highest BCUT2D eigenvalue weighted by molar-refractivity contribution is 5.66. The summed E-state index contributed by atoms with van der Waals surface area (Å²) in [4.78, 5) is 15.5. The van der Waals surface area contributed by atoms with E-state index in [1.165, 1.54) is 18.9 Å². The number of aromatic nitrogens is 4. The molecule has 0 aliphatic rings. The van der Waals surface area contributed by atoms with Crippen LogP contribution in [-0.4, -0.2) is 19.9 Å². The Hall–Kier alpha value is -2.24. The normalized spacial score (nSPS) is 9.71. The standard InChI is InChI=1S/C8H8N6/c9-7-3-12-5-13-8(7)14-6-1-10-4-11-2-6/h1-5H,9H2,(H,12,13,14). The molecule has 0 saturated heterocycles. The van der Waals surface area contributed by atoms with Gasteiger partial charge in [-0.3, -0.25) is 0 Å². The molecule has 14 heavy (non-hydrogen) atoms. The van der Waals surface area contributed by atoms with Crippen molar-refractivity contribution in [3.05, 3.63) is 31.2 Å². The Labute approximate surface area is 80.3 Å². The van der Waals surface area contributed by atoms with Crippen molar-refractivity contribution in [2.24, 2.45) is 0 Å². The van der Waals surface area contributed by atoms with Crippen LogP contribution in [-0.2, 0) is 0 Å². The molecule has 0 saturated carbocycles. The fraction of sp³-hybridized carbons (Fsp3) is 0. The molecule has 2 rings (SSSR count). The van der Waals surface area contributed by atoms with Crippen molar-refractivity contribution in [2.75, 3.05) is 11.1 Å². The Morgan fingerprint density at radius 3 is 2.43 bits per heavy atom. The maximum absolute atomic E-state index is 5.64. The molecule has 0 aliphatic carbocycles. The predicted octanol–water partition coefficient (Wildman–Crippen LogP) is 0.592. The van der Waals surface area contributed by atoms with E-state index in [-0.39, 0.29) is 0 Å². The molecule has 2 heterocycles. The summed E-state index contributed by atoms with van der Waals surface area (Å²) >= 11 is 0. The number of nitrogen functional groups attached to an aromatic ring is 1. The highest BCUT2D eigenvalue weighted by atomic mass is 15.0. The van der Waals surface area contributed by atoms with Gasteiger partial charge in [0.1, 0.15) is 12.7 Å². The number of nitrogens with zero attached hydrogens (tertiary/aromatic N) is 4. The zero-order valence-electron chi connectivity index (χ0n) is 7.25. The third-order valence-corrected chi connectivity index (χ3v) is 1.56. The molecule has 6 nitrogen and oxygen atoms in total. The molecule has 0 radical (unpaired) electrons. The van der Waals surface area contributed by atoms with Crippen LogP contribution in [0.25, 0.3) is 0 Å². The molecule has 0 bridgehead atoms. The van der Waals surface area contributed by atoms with Gasteiger partial charge in [0.05, 0.1) is 30.0 Å². The molecule has 70 valence electrons. The van der Waals surface area contributed by atoms with Crippen LogP contribution in [0.4, 0.5) is 17.2 Å². The monoisotopic (exact) mass is 188 g/mol. The Balaban J connectivity index is 2.24. The molecular formula is C8H8N6. The first kappa shape index (κ1) is 8.36. The van der Waals surface area contributed by atoms with E-state index in [4.69, 9.17) is 5.73 Å². The van der Waals surface area contributed by atoms with E-state index in [1.807, 2.05) is 0 Å². The predicted molar refractivity (Wildman–Crippen MR) is 51.8 cm³/mol. The van der Waals surface area contributed by atoms with Crippen molar-refractivity contribution in [3.63, 3.8) is 0 Å². The summed E-state index contributed by atoms with van der Waals surface area (Å²) in [6, 6.07) is 0. The number of hydrogen-bond donors (Lipinski definition) is 2. The molecule has 0 aromatic carbocycles. The van der Waals surface area contributed by atoms with Crippen molar-refractivity contribution in [3.8, 4) is 0 Å². The Kier molecular flexibility index (Phi) is 2.18. The second-order valence-electron chi connectivity index (χ2n) is 2.58. The lowest BCUT2D eigenvalue weighted by Crippen LogP contribution is -2.00. The maximum atomic E-state index is 5.64. The molecule has 6 heteroatoms. The maximum Gasteiger partial charge on any atom is 0.157 e. The van der Waals surface area contributed by atoms with E-state index in [0.717, 1.165) is 5.69 Å². The average Bonchev–Trinajstić information content (AvgIpc) is 2.23. The van der Waals surface area contributed by atoms with Gasteiger partial charge in [-0.1, -0.05) is 0 Å². The van der Waals surface area contributed by atoms with Crippen molar-refractivity contribution < 1.29 is 0 Å². The van der Waals surface area contributed by atoms with E-state index in [2.05, 4.69) is 25.3 Å². The minimum absolute atomic E-state index is 0.483. The van der Waals surface area contributed by atoms with Gasteiger partial charge in [0.2, 0.25) is 0 Å². The first-order valence-corrected chi connectivity index (χ1v) is 3.94. The lowest BCUT2D eigenvalue weighted by atomic mass is 10.4. The molecule has 0 aliphatic heterocycles. The number of nitrogens with two attached hydrogens (primary N) is 1. The summed E-state index contributed by atoms with van der Waals surface area (Å²) in [5.41, 5.74) is 6.86. The number of hydrogen-bond acceptors (Lipinski definition) is 6. The minimum Gasteiger partial charge on any atom is -0.394 e. The van der Waals surface area contributed by atoms with Gasteiger partial charge in [-0.15, -0.1) is 0 Å². The van der Waals surface area contributed by atoms with Gasteiger partial charge in [0, 0.05) is 0 Å². The average molecular weight is 188 g/mol. The van der Waals surface area contributed by atoms with Crippen LogP contribution in [0.1, 0.15) is 0 Å². The molecule has 0 unspecified atom stereocenters. The van der Waals surface area contributed by atoms with Crippen LogP contribution in [0, 0.1) is 0 Å². The van der Waals surface area contributed by atoms with Gasteiger partial charge in [-0.25, -0.2) is 19.9 Å². The van der Waals surface area contributed by atoms with Crippen LogP contribution in [0.3, 0.4) is 0 Å². The summed E-state index contributed by atoms with van der Waals surface area (Å²) < 4.78 is 0. The topological polar surface area (TPSA) is 89.6 Å². The molecule has 2 aromatic rings. The van der Waals surface area contributed by atoms with E-state index in [1.54, 1.807) is 12.4 Å². The lowest BCUT2D eigenvalue weighted by Gasteiger charge is -2.05. The number of anilines is 3. The summed E-state index contributed by atoms with van der Waals surface area (Å²) in [7, 11) is 0. The first-order valence-electron chi connectivity index (χ1n) is 3.94. The minimum atomic E-state index is 0.483. The van der Waals surface area contributed by atoms with Gasteiger partial charge < -0.3 is 11.1 Å². The smallest absolute Gasteiger partial charge is 0.157 e. The number of nitrogens with one attached hydrogen (secondary N) is 1. The van der Waals surface area contributed by atoms with Crippen molar-refractivity contribution in [1.29, 1.82) is 0 Å². The molecule has 0 fully saturated rings. The van der Waals surface area contributed by atoms with Gasteiger partial charge >= 0.3 is 0 Å². The molecule has 0 atom stereocenters. The molecule has 0 amide bonds. The van der Waals surface area contributed by atoms with E-state index < -0.39 is 0 Å². The van der Waals surface area contributed by atoms with Gasteiger partial charge in [-0.05, 0) is 0 Å². The Morgan fingerprint density at radius 2 is 1.71 bits per heavy atom. The first-order chi connectivity index (χ1) is 6.86. The van der Waals surface area contributed by atoms with Crippen LogP contribution in [0.2, 0.25) is 0 Å². The van der Waals surface area contributed by atoms with Crippen LogP contribution in [0.15, 0.2) is 31.2 Å². The lowest BCUT2D eigenvalue weighted by molar-refractivity contribution is 1.14. The Morgan fingerprint density at radius 1 is 1.00 bits per heavy atom. The van der Waals surface area contributed by atoms with Gasteiger partial charge in [-0.2, -0.15) is 0 Å². The SMILES string of the molecule is Nc1cncnc1Nc1cncnc1. The van der Waals surface area contributed by atoms with Gasteiger partial charge in [0.25, 0.3) is 0 Å². The third kappa shape index (κ3) is 1.74. The fourth-order valence-electron chi connectivity index (χ4n) is 0.945. The molecular weight excluding hydrogens is 180 g/mol. The third-order valence-electron chi connectivity index (χ3n) is 1.56. The summed E-state index contributed by atoms with van der Waals surface area (Å²) in [5, 5.41) is 2.97. The second-order valence-corrected chi connectivity index (χ2v) is 2.58. The Bertz CT molecular complexity index is 415. The second kappa shape index (κ2) is 3.65. The summed E-state index contributed by atoms with van der Waals surface area (Å²) in [5.74, 6) is 0.551. The largest absolute Gasteiger partial charge is 0.394 e. The highest BCUT2D eigenvalue weighted by Crippen LogP contribution is 2.16. The quantitative estimate of drug-likeness (QED) is 0.717.